The van der Waals surface area contributed by atoms with E-state index < -0.39 is 0 Å². The molecule has 0 bridgehead atoms. The van der Waals surface area contributed by atoms with Crippen molar-refractivity contribution in [2.24, 2.45) is 11.3 Å². The zero-order valence-corrected chi connectivity index (χ0v) is 10.9. The molecular weight excluding hydrogens is 198 g/mol. The molecular formula is C13H25N3. The van der Waals surface area contributed by atoms with Crippen LogP contribution in [0.4, 0.5) is 0 Å². The summed E-state index contributed by atoms with van der Waals surface area (Å²) in [6.07, 6.45) is 3.56. The second kappa shape index (κ2) is 6.22. The smallest absolute Gasteiger partial charge is 0.0684 e. The van der Waals surface area contributed by atoms with Crippen molar-refractivity contribution in [2.45, 2.75) is 33.1 Å². The van der Waals surface area contributed by atoms with E-state index in [0.29, 0.717) is 0 Å². The Bertz CT molecular complexity index is 236. The Morgan fingerprint density at radius 1 is 1.38 bits per heavy atom. The fourth-order valence-electron chi connectivity index (χ4n) is 2.12. The van der Waals surface area contributed by atoms with Crippen LogP contribution in [-0.2, 0) is 0 Å². The number of nitrogens with zero attached hydrogens (tertiary/aromatic N) is 2. The van der Waals surface area contributed by atoms with Gasteiger partial charge in [-0.2, -0.15) is 5.26 Å². The van der Waals surface area contributed by atoms with Gasteiger partial charge in [0.05, 0.1) is 11.5 Å². The fraction of sp³-hybridized carbons (Fsp3) is 0.923. The van der Waals surface area contributed by atoms with Gasteiger partial charge in [0.25, 0.3) is 0 Å². The van der Waals surface area contributed by atoms with Gasteiger partial charge in [0.1, 0.15) is 0 Å². The summed E-state index contributed by atoms with van der Waals surface area (Å²) in [6.45, 7) is 8.59. The summed E-state index contributed by atoms with van der Waals surface area (Å²) in [5, 5.41) is 12.3. The van der Waals surface area contributed by atoms with E-state index >= 15 is 0 Å². The average molecular weight is 223 g/mol. The Morgan fingerprint density at radius 3 is 2.56 bits per heavy atom. The third-order valence-corrected chi connectivity index (χ3v) is 3.45. The molecule has 1 aliphatic heterocycles. The van der Waals surface area contributed by atoms with Gasteiger partial charge < -0.3 is 10.2 Å². The van der Waals surface area contributed by atoms with Crippen LogP contribution >= 0.6 is 0 Å². The first-order chi connectivity index (χ1) is 7.53. The highest BCUT2D eigenvalue weighted by Crippen LogP contribution is 2.19. The van der Waals surface area contributed by atoms with Gasteiger partial charge in [0, 0.05) is 6.54 Å². The van der Waals surface area contributed by atoms with Crippen molar-refractivity contribution in [3.63, 3.8) is 0 Å². The summed E-state index contributed by atoms with van der Waals surface area (Å²) in [6, 6.07) is 2.36. The van der Waals surface area contributed by atoms with E-state index in [4.69, 9.17) is 5.26 Å². The van der Waals surface area contributed by atoms with E-state index in [1.165, 1.54) is 32.5 Å². The summed E-state index contributed by atoms with van der Waals surface area (Å²) in [7, 11) is 2.18. The molecule has 0 aromatic carbocycles. The van der Waals surface area contributed by atoms with Crippen LogP contribution in [0.25, 0.3) is 0 Å². The molecule has 0 radical (unpaired) electrons. The lowest BCUT2D eigenvalue weighted by molar-refractivity contribution is 0.221. The van der Waals surface area contributed by atoms with Gasteiger partial charge in [0.15, 0.2) is 0 Å². The van der Waals surface area contributed by atoms with E-state index in [0.717, 1.165) is 18.9 Å². The maximum Gasteiger partial charge on any atom is 0.0684 e. The Morgan fingerprint density at radius 2 is 2.00 bits per heavy atom. The van der Waals surface area contributed by atoms with Crippen molar-refractivity contribution in [2.75, 3.05) is 33.2 Å². The molecule has 1 fully saturated rings. The van der Waals surface area contributed by atoms with Gasteiger partial charge in [0.2, 0.25) is 0 Å². The molecule has 3 nitrogen and oxygen atoms in total. The molecule has 0 atom stereocenters. The van der Waals surface area contributed by atoms with Gasteiger partial charge in [-0.05, 0) is 65.7 Å². The van der Waals surface area contributed by atoms with Gasteiger partial charge in [-0.25, -0.2) is 0 Å². The second-order valence-electron chi connectivity index (χ2n) is 5.70. The first kappa shape index (κ1) is 13.5. The summed E-state index contributed by atoms with van der Waals surface area (Å²) >= 11 is 0. The number of nitrogens with one attached hydrogen (secondary N) is 1. The van der Waals surface area contributed by atoms with Crippen molar-refractivity contribution >= 4 is 0 Å². The lowest BCUT2D eigenvalue weighted by atomic mass is 9.91. The largest absolute Gasteiger partial charge is 0.317 e. The van der Waals surface area contributed by atoms with Gasteiger partial charge >= 0.3 is 0 Å². The van der Waals surface area contributed by atoms with E-state index in [-0.39, 0.29) is 5.41 Å². The quantitative estimate of drug-likeness (QED) is 0.773. The molecule has 0 aromatic heterocycles. The minimum absolute atomic E-state index is 0.178. The molecule has 1 saturated heterocycles. The first-order valence-electron chi connectivity index (χ1n) is 6.34. The Hall–Kier alpha value is -0.590. The fourth-order valence-corrected chi connectivity index (χ4v) is 2.12. The van der Waals surface area contributed by atoms with Crippen LogP contribution in [0.15, 0.2) is 0 Å². The minimum atomic E-state index is -0.178. The van der Waals surface area contributed by atoms with E-state index in [1.807, 2.05) is 13.8 Å². The summed E-state index contributed by atoms with van der Waals surface area (Å²) < 4.78 is 0. The standard InChI is InChI=1S/C13H25N3/c1-13(2,11-14)6-9-16(3)10-12-4-7-15-8-5-12/h12,15H,4-10H2,1-3H3. The van der Waals surface area contributed by atoms with Gasteiger partial charge in [-0.15, -0.1) is 0 Å². The van der Waals surface area contributed by atoms with Crippen LogP contribution in [0, 0.1) is 22.7 Å². The maximum absolute atomic E-state index is 8.95. The van der Waals surface area contributed by atoms with Gasteiger partial charge in [-0.3, -0.25) is 0 Å². The highest BCUT2D eigenvalue weighted by molar-refractivity contribution is 4.92. The average Bonchev–Trinajstić information content (AvgIpc) is 2.28. The number of nitriles is 1. The monoisotopic (exact) mass is 223 g/mol. The third kappa shape index (κ3) is 4.96. The number of rotatable bonds is 5. The van der Waals surface area contributed by atoms with Crippen molar-refractivity contribution in [3.05, 3.63) is 0 Å². The number of hydrogen-bond donors (Lipinski definition) is 1. The van der Waals surface area contributed by atoms with Crippen LogP contribution in [0.5, 0.6) is 0 Å². The molecule has 0 saturated carbocycles. The van der Waals surface area contributed by atoms with Crippen LogP contribution in [0.2, 0.25) is 0 Å². The Kier molecular flexibility index (Phi) is 5.24. The Labute approximate surface area is 99.8 Å². The molecule has 16 heavy (non-hydrogen) atoms. The topological polar surface area (TPSA) is 39.1 Å². The molecule has 0 amide bonds. The molecule has 1 aliphatic rings. The van der Waals surface area contributed by atoms with Crippen LogP contribution in [0.1, 0.15) is 33.1 Å². The predicted molar refractivity (Wildman–Crippen MR) is 67.1 cm³/mol. The first-order valence-corrected chi connectivity index (χ1v) is 6.34. The highest BCUT2D eigenvalue weighted by Gasteiger charge is 2.19. The normalized spacial score (nSPS) is 18.7. The summed E-state index contributed by atoms with van der Waals surface area (Å²) in [5.74, 6) is 0.844. The molecule has 0 spiro atoms. The molecule has 1 heterocycles. The molecule has 1 rings (SSSR count). The van der Waals surface area contributed by atoms with Crippen LogP contribution in [0.3, 0.4) is 0 Å². The second-order valence-corrected chi connectivity index (χ2v) is 5.70. The van der Waals surface area contributed by atoms with Crippen LogP contribution < -0.4 is 5.32 Å². The lowest BCUT2D eigenvalue weighted by Crippen LogP contribution is -2.35. The van der Waals surface area contributed by atoms with E-state index in [1.54, 1.807) is 0 Å². The van der Waals surface area contributed by atoms with Crippen molar-refractivity contribution in [1.29, 1.82) is 5.26 Å². The molecule has 3 heteroatoms. The minimum Gasteiger partial charge on any atom is -0.317 e. The van der Waals surface area contributed by atoms with Crippen molar-refractivity contribution < 1.29 is 0 Å². The number of piperidine rings is 1. The van der Waals surface area contributed by atoms with Gasteiger partial charge in [-0.1, -0.05) is 0 Å². The zero-order chi connectivity index (χ0) is 12.0. The molecule has 0 aromatic rings. The van der Waals surface area contributed by atoms with E-state index in [2.05, 4.69) is 23.3 Å². The Balaban J connectivity index is 2.20. The lowest BCUT2D eigenvalue weighted by Gasteiger charge is -2.28. The predicted octanol–water partition coefficient (Wildman–Crippen LogP) is 1.86. The van der Waals surface area contributed by atoms with Crippen LogP contribution in [-0.4, -0.2) is 38.1 Å². The molecule has 0 aliphatic carbocycles. The molecule has 0 unspecified atom stereocenters. The summed E-state index contributed by atoms with van der Waals surface area (Å²) in [5.41, 5.74) is -0.178. The molecule has 1 N–H and O–H groups in total. The van der Waals surface area contributed by atoms with Crippen molar-refractivity contribution in [3.8, 4) is 6.07 Å². The molecule has 92 valence electrons. The maximum atomic E-state index is 8.95. The van der Waals surface area contributed by atoms with E-state index in [9.17, 15) is 0 Å². The third-order valence-electron chi connectivity index (χ3n) is 3.45. The summed E-state index contributed by atoms with van der Waals surface area (Å²) in [4.78, 5) is 2.38. The zero-order valence-electron chi connectivity index (χ0n) is 10.9. The van der Waals surface area contributed by atoms with Crippen molar-refractivity contribution in [1.82, 2.24) is 10.2 Å². The SMILES string of the molecule is CN(CCC(C)(C)C#N)CC1CCNCC1. The highest BCUT2D eigenvalue weighted by atomic mass is 15.1. The number of hydrogen-bond acceptors (Lipinski definition) is 3.